The Morgan fingerprint density at radius 1 is 0.538 bits per heavy atom. The number of unbranched alkanes of at least 4 members (excludes halogenated alkanes) is 12. The topological polar surface area (TPSA) is 6.48 Å². The minimum Gasteiger partial charge on any atom is -0.353 e. The first-order chi connectivity index (χ1) is 19.3. The summed E-state index contributed by atoms with van der Waals surface area (Å²) in [6, 6.07) is 22.6. The van der Waals surface area contributed by atoms with Crippen LogP contribution in [0.4, 0.5) is 0 Å². The average Bonchev–Trinajstić information content (AvgIpc) is 3.30. The molecule has 2 heteroatoms. The highest BCUT2D eigenvalue weighted by Crippen LogP contribution is 2.45. The van der Waals surface area contributed by atoms with E-state index in [1.807, 2.05) is 0 Å². The molecule has 0 saturated heterocycles. The Balaban J connectivity index is 1.79. The van der Waals surface area contributed by atoms with Crippen molar-refractivity contribution in [1.82, 2.24) is 9.80 Å². The van der Waals surface area contributed by atoms with E-state index < -0.39 is 0 Å². The van der Waals surface area contributed by atoms with Gasteiger partial charge >= 0.3 is 0 Å². The van der Waals surface area contributed by atoms with E-state index in [9.17, 15) is 0 Å². The summed E-state index contributed by atoms with van der Waals surface area (Å²) in [7, 11) is 0. The number of hydrogen-bond acceptors (Lipinski definition) is 2. The van der Waals surface area contributed by atoms with Crippen LogP contribution in [0.2, 0.25) is 0 Å². The van der Waals surface area contributed by atoms with Crippen molar-refractivity contribution in [2.45, 2.75) is 135 Å². The second-order valence-corrected chi connectivity index (χ2v) is 11.8. The Kier molecular flexibility index (Phi) is 14.6. The molecule has 0 aliphatic carbocycles. The Bertz CT molecular complexity index is 892. The van der Waals surface area contributed by atoms with Crippen LogP contribution in [0.25, 0.3) is 0 Å². The van der Waals surface area contributed by atoms with Crippen LogP contribution in [0.1, 0.15) is 134 Å². The van der Waals surface area contributed by atoms with Crippen molar-refractivity contribution in [1.29, 1.82) is 0 Å². The summed E-state index contributed by atoms with van der Waals surface area (Å²) in [6.07, 6.45) is 26.1. The molecule has 0 fully saturated rings. The Morgan fingerprint density at radius 2 is 0.974 bits per heavy atom. The second kappa shape index (κ2) is 18.2. The molecule has 39 heavy (non-hydrogen) atoms. The lowest BCUT2D eigenvalue weighted by Crippen LogP contribution is -2.59. The molecule has 0 amide bonds. The minimum absolute atomic E-state index is 0.0532. The maximum absolute atomic E-state index is 2.76. The van der Waals surface area contributed by atoms with E-state index in [-0.39, 0.29) is 5.66 Å². The fourth-order valence-corrected chi connectivity index (χ4v) is 6.74. The van der Waals surface area contributed by atoms with Gasteiger partial charge in [0.25, 0.3) is 0 Å². The minimum atomic E-state index is -0.0532. The second-order valence-electron chi connectivity index (χ2n) is 11.8. The van der Waals surface area contributed by atoms with Gasteiger partial charge in [-0.1, -0.05) is 158 Å². The molecule has 2 nitrogen and oxygen atoms in total. The zero-order valence-electron chi connectivity index (χ0n) is 25.6. The van der Waals surface area contributed by atoms with Gasteiger partial charge in [-0.2, -0.15) is 0 Å². The molecule has 2 aromatic rings. The first-order valence-corrected chi connectivity index (χ1v) is 16.6. The maximum Gasteiger partial charge on any atom is 0.123 e. The van der Waals surface area contributed by atoms with Gasteiger partial charge in [-0.15, -0.1) is 0 Å². The van der Waals surface area contributed by atoms with E-state index in [2.05, 4.69) is 104 Å². The van der Waals surface area contributed by atoms with Gasteiger partial charge in [0, 0.05) is 37.8 Å². The van der Waals surface area contributed by atoms with Crippen LogP contribution in [0.5, 0.6) is 0 Å². The summed E-state index contributed by atoms with van der Waals surface area (Å²) < 4.78 is 0. The van der Waals surface area contributed by atoms with Gasteiger partial charge in [-0.25, -0.2) is 0 Å². The zero-order valence-corrected chi connectivity index (χ0v) is 25.6. The molecule has 1 aliphatic rings. The number of nitrogens with zero attached hydrogens (tertiary/aromatic N) is 2. The molecule has 2 unspecified atom stereocenters. The molecular formula is C37H58N2. The number of hydrogen-bond donors (Lipinski definition) is 0. The largest absolute Gasteiger partial charge is 0.353 e. The Hall–Kier alpha value is -2.22. The molecule has 0 N–H and O–H groups in total. The standard InChI is InChI=1S/C37H58N2/c1-4-7-9-11-12-13-14-16-24-30-39-32-31-38(29-23-15-10-8-5-2)37(39,33-34-25-19-17-20-26-34)36(6-3)35-27-21-18-22-28-35/h17-22,25-28,31-32,36H,4-16,23-24,29-30,33H2,1-3H3. The lowest BCUT2D eigenvalue weighted by atomic mass is 9.78. The molecule has 2 atom stereocenters. The van der Waals surface area contributed by atoms with E-state index in [1.165, 1.54) is 101 Å². The summed E-state index contributed by atoms with van der Waals surface area (Å²) in [5.74, 6) is 0.447. The maximum atomic E-state index is 2.76. The zero-order chi connectivity index (χ0) is 27.6. The highest BCUT2D eigenvalue weighted by molar-refractivity contribution is 5.30. The van der Waals surface area contributed by atoms with Crippen LogP contribution < -0.4 is 0 Å². The van der Waals surface area contributed by atoms with Crippen molar-refractivity contribution in [3.8, 4) is 0 Å². The van der Waals surface area contributed by atoms with Crippen LogP contribution in [-0.4, -0.2) is 28.6 Å². The molecule has 1 aliphatic heterocycles. The van der Waals surface area contributed by atoms with Crippen molar-refractivity contribution in [3.63, 3.8) is 0 Å². The van der Waals surface area contributed by atoms with Crippen LogP contribution in [-0.2, 0) is 6.42 Å². The van der Waals surface area contributed by atoms with Gasteiger partial charge < -0.3 is 9.80 Å². The first kappa shape index (κ1) is 31.3. The molecule has 2 aromatic carbocycles. The van der Waals surface area contributed by atoms with Gasteiger partial charge in [-0.05, 0) is 30.4 Å². The van der Waals surface area contributed by atoms with Crippen molar-refractivity contribution < 1.29 is 0 Å². The van der Waals surface area contributed by atoms with Crippen molar-refractivity contribution in [2.24, 2.45) is 0 Å². The summed E-state index contributed by atoms with van der Waals surface area (Å²) in [6.45, 7) is 9.31. The normalized spacial score (nSPS) is 17.7. The van der Waals surface area contributed by atoms with Crippen molar-refractivity contribution in [3.05, 3.63) is 84.2 Å². The lowest BCUT2D eigenvalue weighted by Gasteiger charge is -2.51. The average molecular weight is 531 g/mol. The summed E-state index contributed by atoms with van der Waals surface area (Å²) in [5.41, 5.74) is 2.87. The SMILES string of the molecule is CCCCCCCCCCCN1C=CN(CCCCCCC)C1(Cc1ccccc1)C(CC)c1ccccc1. The molecular weight excluding hydrogens is 472 g/mol. The predicted octanol–water partition coefficient (Wildman–Crippen LogP) is 10.7. The summed E-state index contributed by atoms with van der Waals surface area (Å²) >= 11 is 0. The third-order valence-electron chi connectivity index (χ3n) is 8.90. The van der Waals surface area contributed by atoms with Crippen LogP contribution in [0.15, 0.2) is 73.1 Å². The Labute approximate surface area is 241 Å². The summed E-state index contributed by atoms with van der Waals surface area (Å²) in [5, 5.41) is 0. The van der Waals surface area contributed by atoms with Gasteiger partial charge in [0.1, 0.15) is 5.66 Å². The molecule has 0 spiro atoms. The highest BCUT2D eigenvalue weighted by Gasteiger charge is 2.49. The lowest BCUT2D eigenvalue weighted by molar-refractivity contribution is -0.00378. The number of benzene rings is 2. The molecule has 0 radical (unpaired) electrons. The van der Waals surface area contributed by atoms with Crippen LogP contribution in [0.3, 0.4) is 0 Å². The first-order valence-electron chi connectivity index (χ1n) is 16.6. The monoisotopic (exact) mass is 530 g/mol. The fourth-order valence-electron chi connectivity index (χ4n) is 6.74. The van der Waals surface area contributed by atoms with E-state index in [1.54, 1.807) is 0 Å². The van der Waals surface area contributed by atoms with Crippen LogP contribution in [0, 0.1) is 0 Å². The molecule has 216 valence electrons. The molecule has 1 heterocycles. The van der Waals surface area contributed by atoms with Crippen molar-refractivity contribution in [2.75, 3.05) is 13.1 Å². The van der Waals surface area contributed by atoms with Crippen LogP contribution >= 0.6 is 0 Å². The van der Waals surface area contributed by atoms with Gasteiger partial charge in [0.2, 0.25) is 0 Å². The summed E-state index contributed by atoms with van der Waals surface area (Å²) in [4.78, 5) is 5.51. The molecule has 0 saturated carbocycles. The Morgan fingerprint density at radius 3 is 1.44 bits per heavy atom. The van der Waals surface area contributed by atoms with Gasteiger partial charge in [-0.3, -0.25) is 0 Å². The highest BCUT2D eigenvalue weighted by atomic mass is 15.4. The molecule has 3 rings (SSSR count). The predicted molar refractivity (Wildman–Crippen MR) is 171 cm³/mol. The smallest absolute Gasteiger partial charge is 0.123 e. The van der Waals surface area contributed by atoms with E-state index in [4.69, 9.17) is 0 Å². The van der Waals surface area contributed by atoms with E-state index in [0.717, 1.165) is 25.9 Å². The number of rotatable bonds is 21. The van der Waals surface area contributed by atoms with E-state index >= 15 is 0 Å². The van der Waals surface area contributed by atoms with E-state index in [0.29, 0.717) is 5.92 Å². The third kappa shape index (κ3) is 9.44. The fraction of sp³-hybridized carbons (Fsp3) is 0.622. The molecule has 0 bridgehead atoms. The van der Waals surface area contributed by atoms with Crippen molar-refractivity contribution >= 4 is 0 Å². The third-order valence-corrected chi connectivity index (χ3v) is 8.90. The van der Waals surface area contributed by atoms with Gasteiger partial charge in [0.05, 0.1) is 0 Å². The quantitative estimate of drug-likeness (QED) is 0.148. The molecule has 0 aromatic heterocycles. The van der Waals surface area contributed by atoms with Gasteiger partial charge in [0.15, 0.2) is 0 Å².